The van der Waals surface area contributed by atoms with Crippen LogP contribution < -0.4 is 0 Å². The van der Waals surface area contributed by atoms with Crippen LogP contribution in [0.5, 0.6) is 0 Å². The van der Waals surface area contributed by atoms with Crippen molar-refractivity contribution in [2.75, 3.05) is 34.2 Å². The Hall–Kier alpha value is -0.490. The van der Waals surface area contributed by atoms with Gasteiger partial charge >= 0.3 is 0 Å². The molecule has 0 aromatic rings. The highest BCUT2D eigenvalue weighted by atomic mass is 16.7. The molecule has 0 amide bonds. The summed E-state index contributed by atoms with van der Waals surface area (Å²) in [5.74, 6) is 1.52. The minimum absolute atomic E-state index is 0.0276. The summed E-state index contributed by atoms with van der Waals surface area (Å²) in [6, 6.07) is 0. The summed E-state index contributed by atoms with van der Waals surface area (Å²) in [7, 11) is 3.53. The van der Waals surface area contributed by atoms with Crippen molar-refractivity contribution in [2.24, 2.45) is 34.0 Å². The monoisotopic (exact) mass is 394 g/mol. The lowest BCUT2D eigenvalue weighted by atomic mass is 9.50. The Labute approximate surface area is 169 Å². The molecule has 0 saturated heterocycles. The molecular formula is C23H38O5. The maximum absolute atomic E-state index is 13.9. The average molecular weight is 395 g/mol. The van der Waals surface area contributed by atoms with E-state index in [4.69, 9.17) is 18.9 Å². The Bertz CT molecular complexity index is 608. The normalized spacial score (nSPS) is 49.9. The number of hydrogen-bond donors (Lipinski definition) is 0. The smallest absolute Gasteiger partial charge is 0.146 e. The Kier molecular flexibility index (Phi) is 5.44. The Morgan fingerprint density at radius 3 is 2.57 bits per heavy atom. The van der Waals surface area contributed by atoms with Crippen molar-refractivity contribution in [3.8, 4) is 0 Å². The molecule has 28 heavy (non-hydrogen) atoms. The minimum atomic E-state index is -0.506. The summed E-state index contributed by atoms with van der Waals surface area (Å²) >= 11 is 0. The minimum Gasteiger partial charge on any atom is -0.381 e. The largest absolute Gasteiger partial charge is 0.381 e. The molecule has 0 aliphatic heterocycles. The van der Waals surface area contributed by atoms with Gasteiger partial charge in [0.25, 0.3) is 0 Å². The number of ketones is 1. The summed E-state index contributed by atoms with van der Waals surface area (Å²) < 4.78 is 23.5. The zero-order chi connectivity index (χ0) is 20.2. The number of hydrogen-bond acceptors (Lipinski definition) is 5. The number of rotatable bonds is 7. The third kappa shape index (κ3) is 2.76. The van der Waals surface area contributed by atoms with Crippen LogP contribution in [0.2, 0.25) is 0 Å². The van der Waals surface area contributed by atoms with Crippen LogP contribution in [0.15, 0.2) is 0 Å². The van der Waals surface area contributed by atoms with Crippen LogP contribution in [-0.2, 0) is 23.7 Å². The van der Waals surface area contributed by atoms with Gasteiger partial charge in [0.2, 0.25) is 0 Å². The number of Topliss-reactive ketones (excluding diaryl/α,β-unsaturated/α-hetero) is 1. The first kappa shape index (κ1) is 20.8. The number of carbonyl (C=O) groups is 1. The molecule has 0 N–H and O–H groups in total. The highest BCUT2D eigenvalue weighted by Gasteiger charge is 2.76. The second kappa shape index (κ2) is 7.33. The fourth-order valence-corrected chi connectivity index (χ4v) is 7.68. The van der Waals surface area contributed by atoms with Crippen LogP contribution in [0.3, 0.4) is 0 Å². The lowest BCUT2D eigenvalue weighted by Crippen LogP contribution is -2.58. The topological polar surface area (TPSA) is 54.0 Å². The number of carbonyl (C=O) groups excluding carboxylic acids is 1. The molecule has 4 aliphatic carbocycles. The molecule has 4 aliphatic rings. The summed E-state index contributed by atoms with van der Waals surface area (Å²) in [5, 5.41) is 0. The lowest BCUT2D eigenvalue weighted by molar-refractivity contribution is -0.186. The van der Waals surface area contributed by atoms with E-state index in [-0.39, 0.29) is 35.7 Å². The molecular weight excluding hydrogens is 356 g/mol. The van der Waals surface area contributed by atoms with E-state index in [1.807, 2.05) is 14.0 Å². The predicted molar refractivity (Wildman–Crippen MR) is 106 cm³/mol. The average Bonchev–Trinajstić information content (AvgIpc) is 3.33. The standard InChI is InChI=1S/C23H38O5/c1-6-27-13-21(3)12-18(28-14-25-4)23-11-16(23)7-9-22(15(2)20(21)24)10-8-17(26-5)19(22)23/h15-19H,6-14H2,1-5H3/t15-,16-,17+,18+,19?,21-,22?,23-/m0/s1. The zero-order valence-electron chi connectivity index (χ0n) is 18.3. The van der Waals surface area contributed by atoms with Gasteiger partial charge in [0.05, 0.1) is 24.2 Å². The fourth-order valence-electron chi connectivity index (χ4n) is 7.68. The third-order valence-electron chi connectivity index (χ3n) is 9.02. The highest BCUT2D eigenvalue weighted by Crippen LogP contribution is 2.78. The predicted octanol–water partition coefficient (Wildman–Crippen LogP) is 3.84. The number of methoxy groups -OCH3 is 2. The molecule has 160 valence electrons. The number of ether oxygens (including phenoxy) is 4. The highest BCUT2D eigenvalue weighted by molar-refractivity contribution is 5.87. The summed E-state index contributed by atoms with van der Waals surface area (Å²) in [4.78, 5) is 13.9. The van der Waals surface area contributed by atoms with Gasteiger partial charge in [0.15, 0.2) is 0 Å². The molecule has 4 saturated carbocycles. The first-order chi connectivity index (χ1) is 13.4. The Balaban J connectivity index is 1.79. The van der Waals surface area contributed by atoms with Crippen LogP contribution in [0.1, 0.15) is 59.3 Å². The SMILES string of the molecule is CCOC[C@]1(C)C[C@@H](OCOC)[C@]23C[C@@H]2CCC2(CC[C@@H](OC)C23)[C@@H](C)C1=O. The summed E-state index contributed by atoms with van der Waals surface area (Å²) in [5.41, 5.74) is -0.321. The molecule has 0 aromatic carbocycles. The van der Waals surface area contributed by atoms with Crippen LogP contribution in [0.25, 0.3) is 0 Å². The first-order valence-electron chi connectivity index (χ1n) is 11.1. The van der Waals surface area contributed by atoms with E-state index in [0.29, 0.717) is 30.8 Å². The van der Waals surface area contributed by atoms with Gasteiger partial charge in [-0.1, -0.05) is 13.8 Å². The fraction of sp³-hybridized carbons (Fsp3) is 0.957. The van der Waals surface area contributed by atoms with Gasteiger partial charge in [0.1, 0.15) is 12.6 Å². The van der Waals surface area contributed by atoms with E-state index < -0.39 is 5.41 Å². The molecule has 5 heteroatoms. The van der Waals surface area contributed by atoms with Crippen molar-refractivity contribution in [1.29, 1.82) is 0 Å². The van der Waals surface area contributed by atoms with Gasteiger partial charge in [-0.25, -0.2) is 0 Å². The lowest BCUT2D eigenvalue weighted by Gasteiger charge is -2.55. The maximum Gasteiger partial charge on any atom is 0.146 e. The molecule has 4 rings (SSSR count). The van der Waals surface area contributed by atoms with Crippen LogP contribution in [0, 0.1) is 34.0 Å². The van der Waals surface area contributed by atoms with Gasteiger partial charge in [-0.2, -0.15) is 0 Å². The molecule has 5 nitrogen and oxygen atoms in total. The van der Waals surface area contributed by atoms with Crippen LogP contribution >= 0.6 is 0 Å². The molecule has 8 atom stereocenters. The molecule has 1 spiro atoms. The van der Waals surface area contributed by atoms with Crippen LogP contribution in [-0.4, -0.2) is 52.2 Å². The summed E-state index contributed by atoms with van der Waals surface area (Å²) in [6.07, 6.45) is 6.73. The van der Waals surface area contributed by atoms with E-state index >= 15 is 0 Å². The molecule has 0 aromatic heterocycles. The maximum atomic E-state index is 13.9. The van der Waals surface area contributed by atoms with E-state index in [1.165, 1.54) is 12.8 Å². The van der Waals surface area contributed by atoms with Gasteiger partial charge in [0, 0.05) is 32.2 Å². The van der Waals surface area contributed by atoms with Crippen molar-refractivity contribution in [1.82, 2.24) is 0 Å². The quantitative estimate of drug-likeness (QED) is 0.614. The van der Waals surface area contributed by atoms with Gasteiger partial charge < -0.3 is 18.9 Å². The Morgan fingerprint density at radius 1 is 1.14 bits per heavy atom. The van der Waals surface area contributed by atoms with Crippen molar-refractivity contribution < 1.29 is 23.7 Å². The van der Waals surface area contributed by atoms with E-state index in [2.05, 4.69) is 13.8 Å². The van der Waals surface area contributed by atoms with Gasteiger partial charge in [-0.05, 0) is 62.7 Å². The van der Waals surface area contributed by atoms with E-state index in [0.717, 1.165) is 25.7 Å². The zero-order valence-corrected chi connectivity index (χ0v) is 18.3. The molecule has 0 heterocycles. The second-order valence-electron chi connectivity index (χ2n) is 10.1. The van der Waals surface area contributed by atoms with Crippen molar-refractivity contribution in [3.63, 3.8) is 0 Å². The molecule has 2 bridgehead atoms. The first-order valence-corrected chi connectivity index (χ1v) is 11.1. The molecule has 2 unspecified atom stereocenters. The van der Waals surface area contributed by atoms with E-state index in [1.54, 1.807) is 7.11 Å². The van der Waals surface area contributed by atoms with Gasteiger partial charge in [-0.3, -0.25) is 4.79 Å². The molecule has 0 radical (unpaired) electrons. The van der Waals surface area contributed by atoms with Crippen LogP contribution in [0.4, 0.5) is 0 Å². The summed E-state index contributed by atoms with van der Waals surface area (Å²) in [6.45, 7) is 7.70. The third-order valence-corrected chi connectivity index (χ3v) is 9.02. The van der Waals surface area contributed by atoms with E-state index in [9.17, 15) is 4.79 Å². The van der Waals surface area contributed by atoms with Crippen molar-refractivity contribution >= 4 is 5.78 Å². The van der Waals surface area contributed by atoms with Crippen molar-refractivity contribution in [3.05, 3.63) is 0 Å². The van der Waals surface area contributed by atoms with Gasteiger partial charge in [-0.15, -0.1) is 0 Å². The Morgan fingerprint density at radius 2 is 1.89 bits per heavy atom. The molecule has 4 fully saturated rings. The van der Waals surface area contributed by atoms with Crippen molar-refractivity contribution in [2.45, 2.75) is 71.5 Å². The second-order valence-corrected chi connectivity index (χ2v) is 10.1.